The monoisotopic (exact) mass is 324 g/mol. The molecule has 0 saturated heterocycles. The highest BCUT2D eigenvalue weighted by molar-refractivity contribution is 6.04. The summed E-state index contributed by atoms with van der Waals surface area (Å²) in [4.78, 5) is 0. The van der Waals surface area contributed by atoms with Gasteiger partial charge in [0.15, 0.2) is 0 Å². The molecule has 0 amide bonds. The zero-order valence-electron chi connectivity index (χ0n) is 14.3. The molecule has 4 rings (SSSR count). The van der Waals surface area contributed by atoms with E-state index >= 15 is 0 Å². The third kappa shape index (κ3) is 2.89. The maximum atomic E-state index is 6.10. The molecule has 0 unspecified atom stereocenters. The summed E-state index contributed by atoms with van der Waals surface area (Å²) in [5.41, 5.74) is 4.77. The van der Waals surface area contributed by atoms with Gasteiger partial charge in [-0.2, -0.15) is 0 Å². The van der Waals surface area contributed by atoms with E-state index in [2.05, 4.69) is 84.9 Å². The third-order valence-electron chi connectivity index (χ3n) is 4.45. The van der Waals surface area contributed by atoms with Crippen molar-refractivity contribution in [1.82, 2.24) is 0 Å². The van der Waals surface area contributed by atoms with E-state index in [4.69, 9.17) is 4.74 Å². The van der Waals surface area contributed by atoms with Crippen molar-refractivity contribution in [3.8, 4) is 28.0 Å². The lowest BCUT2D eigenvalue weighted by molar-refractivity contribution is 0.345. The minimum absolute atomic E-state index is 0.647. The molecule has 1 heteroatoms. The molecule has 0 bridgehead atoms. The molecule has 0 saturated carbocycles. The molecule has 0 heterocycles. The van der Waals surface area contributed by atoms with Crippen LogP contribution in [-0.4, -0.2) is 6.61 Å². The normalized spacial score (nSPS) is 10.8. The molecule has 4 aromatic rings. The number of rotatable bonds is 4. The quantitative estimate of drug-likeness (QED) is 0.412. The maximum Gasteiger partial charge on any atom is 0.134 e. The molecule has 0 aliphatic carbocycles. The smallest absolute Gasteiger partial charge is 0.134 e. The third-order valence-corrected chi connectivity index (χ3v) is 4.45. The van der Waals surface area contributed by atoms with E-state index in [0.717, 1.165) is 16.7 Å². The Morgan fingerprint density at radius 2 is 1.12 bits per heavy atom. The summed E-state index contributed by atoms with van der Waals surface area (Å²) < 4.78 is 6.10. The van der Waals surface area contributed by atoms with Crippen molar-refractivity contribution >= 4 is 10.8 Å². The molecule has 0 aliphatic rings. The minimum atomic E-state index is 0.647. The Morgan fingerprint density at radius 3 is 1.72 bits per heavy atom. The summed E-state index contributed by atoms with van der Waals surface area (Å²) in [5.74, 6) is 0.962. The van der Waals surface area contributed by atoms with Crippen molar-refractivity contribution in [2.75, 3.05) is 6.61 Å². The zero-order chi connectivity index (χ0) is 17.1. The van der Waals surface area contributed by atoms with Gasteiger partial charge in [0.1, 0.15) is 5.75 Å². The van der Waals surface area contributed by atoms with Crippen molar-refractivity contribution in [3.63, 3.8) is 0 Å². The fourth-order valence-electron chi connectivity index (χ4n) is 3.34. The Bertz CT molecular complexity index is 988. The van der Waals surface area contributed by atoms with Gasteiger partial charge in [0.2, 0.25) is 0 Å². The Labute approximate surface area is 148 Å². The Hall–Kier alpha value is -3.06. The van der Waals surface area contributed by atoms with Crippen LogP contribution in [0, 0.1) is 0 Å². The Balaban J connectivity index is 2.08. The molecule has 25 heavy (non-hydrogen) atoms. The van der Waals surface area contributed by atoms with E-state index < -0.39 is 0 Å². The SMILES string of the molecule is CCOc1c(-c2ccccc2)cc(-c2ccccc2)c2ccccc12. The van der Waals surface area contributed by atoms with Crippen LogP contribution < -0.4 is 4.74 Å². The van der Waals surface area contributed by atoms with Crippen LogP contribution in [0.15, 0.2) is 91.0 Å². The highest BCUT2D eigenvalue weighted by Crippen LogP contribution is 2.42. The van der Waals surface area contributed by atoms with Gasteiger partial charge in [-0.05, 0) is 35.1 Å². The predicted octanol–water partition coefficient (Wildman–Crippen LogP) is 6.57. The summed E-state index contributed by atoms with van der Waals surface area (Å²) in [5, 5.41) is 2.38. The van der Waals surface area contributed by atoms with Crippen molar-refractivity contribution in [1.29, 1.82) is 0 Å². The van der Waals surface area contributed by atoms with E-state index in [-0.39, 0.29) is 0 Å². The summed E-state index contributed by atoms with van der Waals surface area (Å²) in [7, 11) is 0. The standard InChI is InChI=1S/C24H20O/c1-2-25-24-21-16-10-9-15-20(21)22(18-11-5-3-6-12-18)17-23(24)19-13-7-4-8-14-19/h3-17H,2H2,1H3. The largest absolute Gasteiger partial charge is 0.493 e. The van der Waals surface area contributed by atoms with Crippen LogP contribution in [0.1, 0.15) is 6.92 Å². The van der Waals surface area contributed by atoms with Crippen LogP contribution in [0.4, 0.5) is 0 Å². The molecule has 0 fully saturated rings. The van der Waals surface area contributed by atoms with E-state index in [1.807, 2.05) is 13.0 Å². The lowest BCUT2D eigenvalue weighted by atomic mass is 9.92. The Kier molecular flexibility index (Phi) is 4.22. The fourth-order valence-corrected chi connectivity index (χ4v) is 3.34. The first-order valence-electron chi connectivity index (χ1n) is 8.68. The minimum Gasteiger partial charge on any atom is -0.493 e. The van der Waals surface area contributed by atoms with Gasteiger partial charge in [0, 0.05) is 10.9 Å². The van der Waals surface area contributed by atoms with Crippen molar-refractivity contribution in [2.45, 2.75) is 6.92 Å². The highest BCUT2D eigenvalue weighted by Gasteiger charge is 2.15. The molecule has 0 aliphatic heterocycles. The molecule has 0 radical (unpaired) electrons. The lowest BCUT2D eigenvalue weighted by Gasteiger charge is -2.17. The zero-order valence-corrected chi connectivity index (χ0v) is 14.3. The van der Waals surface area contributed by atoms with Crippen LogP contribution in [0.5, 0.6) is 5.75 Å². The van der Waals surface area contributed by atoms with Gasteiger partial charge in [0.25, 0.3) is 0 Å². The van der Waals surface area contributed by atoms with Crippen LogP contribution in [-0.2, 0) is 0 Å². The molecule has 0 spiro atoms. The van der Waals surface area contributed by atoms with Gasteiger partial charge in [0.05, 0.1) is 6.61 Å². The first-order chi connectivity index (χ1) is 12.4. The van der Waals surface area contributed by atoms with Crippen molar-refractivity contribution in [2.24, 2.45) is 0 Å². The summed E-state index contributed by atoms with van der Waals surface area (Å²) in [6, 6.07) is 31.8. The number of hydrogen-bond acceptors (Lipinski definition) is 1. The van der Waals surface area contributed by atoms with Crippen molar-refractivity contribution in [3.05, 3.63) is 91.0 Å². The molecule has 4 aromatic carbocycles. The molecule has 1 nitrogen and oxygen atoms in total. The molecular weight excluding hydrogens is 304 g/mol. The second-order valence-corrected chi connectivity index (χ2v) is 6.01. The average Bonchev–Trinajstić information content (AvgIpc) is 2.70. The highest BCUT2D eigenvalue weighted by atomic mass is 16.5. The van der Waals surface area contributed by atoms with E-state index in [9.17, 15) is 0 Å². The van der Waals surface area contributed by atoms with Crippen molar-refractivity contribution < 1.29 is 4.74 Å². The van der Waals surface area contributed by atoms with Gasteiger partial charge in [-0.25, -0.2) is 0 Å². The van der Waals surface area contributed by atoms with Gasteiger partial charge >= 0.3 is 0 Å². The number of benzene rings is 4. The first kappa shape index (κ1) is 15.5. The summed E-state index contributed by atoms with van der Waals surface area (Å²) in [6.45, 7) is 2.68. The van der Waals surface area contributed by atoms with Gasteiger partial charge < -0.3 is 4.74 Å². The second kappa shape index (κ2) is 6.82. The van der Waals surface area contributed by atoms with Crippen LogP contribution >= 0.6 is 0 Å². The number of ether oxygens (including phenoxy) is 1. The molecule has 0 atom stereocenters. The fraction of sp³-hybridized carbons (Fsp3) is 0.0833. The predicted molar refractivity (Wildman–Crippen MR) is 106 cm³/mol. The second-order valence-electron chi connectivity index (χ2n) is 6.01. The molecule has 122 valence electrons. The van der Waals surface area contributed by atoms with Crippen LogP contribution in [0.25, 0.3) is 33.0 Å². The van der Waals surface area contributed by atoms with E-state index in [0.29, 0.717) is 6.61 Å². The number of fused-ring (bicyclic) bond motifs is 1. The summed E-state index contributed by atoms with van der Waals surface area (Å²) in [6.07, 6.45) is 0. The van der Waals surface area contributed by atoms with Gasteiger partial charge in [-0.3, -0.25) is 0 Å². The topological polar surface area (TPSA) is 9.23 Å². The lowest BCUT2D eigenvalue weighted by Crippen LogP contribution is -1.97. The number of hydrogen-bond donors (Lipinski definition) is 0. The van der Waals surface area contributed by atoms with Gasteiger partial charge in [-0.15, -0.1) is 0 Å². The first-order valence-corrected chi connectivity index (χ1v) is 8.68. The molecular formula is C24H20O. The van der Waals surface area contributed by atoms with E-state index in [1.54, 1.807) is 0 Å². The average molecular weight is 324 g/mol. The Morgan fingerprint density at radius 1 is 0.600 bits per heavy atom. The van der Waals surface area contributed by atoms with Crippen LogP contribution in [0.2, 0.25) is 0 Å². The van der Waals surface area contributed by atoms with Gasteiger partial charge in [-0.1, -0.05) is 84.9 Å². The van der Waals surface area contributed by atoms with Crippen LogP contribution in [0.3, 0.4) is 0 Å². The molecule has 0 aromatic heterocycles. The maximum absolute atomic E-state index is 6.10. The molecule has 0 N–H and O–H groups in total. The summed E-state index contributed by atoms with van der Waals surface area (Å²) >= 11 is 0. The van der Waals surface area contributed by atoms with E-state index in [1.165, 1.54) is 22.1 Å².